The zero-order chi connectivity index (χ0) is 15.2. The van der Waals surface area contributed by atoms with E-state index >= 15 is 0 Å². The highest BCUT2D eigenvalue weighted by atomic mass is 16.4. The molecule has 2 aromatic rings. The lowest BCUT2D eigenvalue weighted by Gasteiger charge is -2.05. The molecule has 1 amide bonds. The number of carboxylic acid groups (broad SMARTS) is 1. The van der Waals surface area contributed by atoms with Gasteiger partial charge in [-0.3, -0.25) is 4.79 Å². The summed E-state index contributed by atoms with van der Waals surface area (Å²) in [5, 5.41) is 23.4. The first-order valence-electron chi connectivity index (χ1n) is 6.00. The van der Waals surface area contributed by atoms with Crippen LogP contribution in [0.4, 0.5) is 0 Å². The van der Waals surface area contributed by atoms with Crippen molar-refractivity contribution in [2.45, 2.75) is 0 Å². The van der Waals surface area contributed by atoms with Crippen LogP contribution >= 0.6 is 0 Å². The first kappa shape index (κ1) is 14.3. The SMILES string of the molecule is O=C(O)c1ccc(/C=N\NC(=O)c2ccc([O-])cc2)cc1. The number of amides is 1. The highest BCUT2D eigenvalue weighted by Crippen LogP contribution is 2.06. The van der Waals surface area contributed by atoms with Gasteiger partial charge in [0.1, 0.15) is 0 Å². The number of aromatic carboxylic acids is 1. The van der Waals surface area contributed by atoms with Gasteiger partial charge in [-0.25, -0.2) is 10.2 Å². The van der Waals surface area contributed by atoms with Gasteiger partial charge in [0, 0.05) is 5.56 Å². The van der Waals surface area contributed by atoms with Gasteiger partial charge < -0.3 is 10.2 Å². The fourth-order valence-corrected chi connectivity index (χ4v) is 1.55. The average Bonchev–Trinajstić information content (AvgIpc) is 2.48. The summed E-state index contributed by atoms with van der Waals surface area (Å²) >= 11 is 0. The van der Waals surface area contributed by atoms with Crippen molar-refractivity contribution >= 4 is 18.1 Å². The van der Waals surface area contributed by atoms with Crippen LogP contribution in [-0.4, -0.2) is 23.2 Å². The van der Waals surface area contributed by atoms with Gasteiger partial charge in [0.2, 0.25) is 0 Å². The van der Waals surface area contributed by atoms with Crippen molar-refractivity contribution in [2.75, 3.05) is 0 Å². The van der Waals surface area contributed by atoms with Crippen molar-refractivity contribution < 1.29 is 19.8 Å². The molecule has 0 spiro atoms. The van der Waals surface area contributed by atoms with Gasteiger partial charge in [-0.05, 0) is 17.7 Å². The number of hydrogen-bond acceptors (Lipinski definition) is 4. The van der Waals surface area contributed by atoms with E-state index in [2.05, 4.69) is 10.5 Å². The van der Waals surface area contributed by atoms with Crippen LogP contribution in [0.25, 0.3) is 0 Å². The molecular weight excluding hydrogens is 272 g/mol. The quantitative estimate of drug-likeness (QED) is 0.650. The first-order valence-corrected chi connectivity index (χ1v) is 6.00. The number of nitrogens with one attached hydrogen (secondary N) is 1. The van der Waals surface area contributed by atoms with Crippen molar-refractivity contribution in [1.29, 1.82) is 0 Å². The molecule has 0 aromatic heterocycles. The van der Waals surface area contributed by atoms with Crippen LogP contribution in [0.15, 0.2) is 53.6 Å². The van der Waals surface area contributed by atoms with Crippen LogP contribution in [-0.2, 0) is 0 Å². The van der Waals surface area contributed by atoms with E-state index in [1.165, 1.54) is 42.6 Å². The molecule has 0 unspecified atom stereocenters. The van der Waals surface area contributed by atoms with Gasteiger partial charge in [0.15, 0.2) is 0 Å². The molecule has 0 fully saturated rings. The van der Waals surface area contributed by atoms with Crippen molar-refractivity contribution in [3.8, 4) is 5.75 Å². The monoisotopic (exact) mass is 283 g/mol. The van der Waals surface area contributed by atoms with Crippen LogP contribution in [0.2, 0.25) is 0 Å². The number of carbonyl (C=O) groups is 2. The molecule has 0 saturated heterocycles. The van der Waals surface area contributed by atoms with E-state index in [1.54, 1.807) is 12.1 Å². The van der Waals surface area contributed by atoms with Gasteiger partial charge in [-0.15, -0.1) is 5.75 Å². The van der Waals surface area contributed by atoms with E-state index < -0.39 is 11.9 Å². The van der Waals surface area contributed by atoms with Crippen LogP contribution in [0.1, 0.15) is 26.3 Å². The number of hydrogen-bond donors (Lipinski definition) is 2. The molecule has 6 heteroatoms. The van der Waals surface area contributed by atoms with E-state index in [0.717, 1.165) is 0 Å². The summed E-state index contributed by atoms with van der Waals surface area (Å²) in [5.74, 6) is -1.62. The molecule has 6 nitrogen and oxygen atoms in total. The second-order valence-corrected chi connectivity index (χ2v) is 4.15. The number of rotatable bonds is 4. The zero-order valence-electron chi connectivity index (χ0n) is 10.8. The molecule has 0 heterocycles. The molecule has 0 aliphatic carbocycles. The van der Waals surface area contributed by atoms with Crippen molar-refractivity contribution in [1.82, 2.24) is 5.43 Å². The van der Waals surface area contributed by atoms with E-state index in [-0.39, 0.29) is 11.3 Å². The topological polar surface area (TPSA) is 102 Å². The summed E-state index contributed by atoms with van der Waals surface area (Å²) < 4.78 is 0. The van der Waals surface area contributed by atoms with Crippen LogP contribution in [0, 0.1) is 0 Å². The highest BCUT2D eigenvalue weighted by Gasteiger charge is 2.02. The first-order chi connectivity index (χ1) is 10.1. The third kappa shape index (κ3) is 3.90. The molecule has 2 N–H and O–H groups in total. The lowest BCUT2D eigenvalue weighted by Crippen LogP contribution is -2.17. The lowest BCUT2D eigenvalue weighted by atomic mass is 10.1. The Morgan fingerprint density at radius 2 is 1.57 bits per heavy atom. The third-order valence-corrected chi connectivity index (χ3v) is 2.65. The fraction of sp³-hybridized carbons (Fsp3) is 0. The number of hydrazone groups is 1. The minimum Gasteiger partial charge on any atom is -0.872 e. The molecule has 2 aromatic carbocycles. The Bertz CT molecular complexity index is 676. The Balaban J connectivity index is 1.97. The summed E-state index contributed by atoms with van der Waals surface area (Å²) in [7, 11) is 0. The maximum absolute atomic E-state index is 11.7. The lowest BCUT2D eigenvalue weighted by molar-refractivity contribution is -0.268. The predicted molar refractivity (Wildman–Crippen MR) is 74.3 cm³/mol. The van der Waals surface area contributed by atoms with E-state index in [9.17, 15) is 14.7 Å². The second kappa shape index (κ2) is 6.33. The van der Waals surface area contributed by atoms with Crippen molar-refractivity contribution in [3.05, 3.63) is 65.2 Å². The maximum Gasteiger partial charge on any atom is 0.335 e. The van der Waals surface area contributed by atoms with E-state index in [1.807, 2.05) is 0 Å². The number of benzene rings is 2. The van der Waals surface area contributed by atoms with Gasteiger partial charge in [-0.1, -0.05) is 36.4 Å². The van der Waals surface area contributed by atoms with Gasteiger partial charge in [-0.2, -0.15) is 5.10 Å². The average molecular weight is 283 g/mol. The Morgan fingerprint density at radius 1 is 1.00 bits per heavy atom. The Labute approximate surface area is 120 Å². The second-order valence-electron chi connectivity index (χ2n) is 4.15. The Kier molecular flexibility index (Phi) is 4.30. The van der Waals surface area contributed by atoms with Crippen molar-refractivity contribution in [2.24, 2.45) is 5.10 Å². The van der Waals surface area contributed by atoms with Gasteiger partial charge in [0.05, 0.1) is 11.8 Å². The Hall–Kier alpha value is -3.15. The maximum atomic E-state index is 11.7. The summed E-state index contributed by atoms with van der Waals surface area (Å²) in [6.45, 7) is 0. The normalized spacial score (nSPS) is 10.5. The molecule has 0 atom stereocenters. The summed E-state index contributed by atoms with van der Waals surface area (Å²) in [6, 6.07) is 11.4. The fourth-order valence-electron chi connectivity index (χ4n) is 1.55. The summed E-state index contributed by atoms with van der Waals surface area (Å²) in [5.41, 5.74) is 3.47. The van der Waals surface area contributed by atoms with Crippen LogP contribution in [0.3, 0.4) is 0 Å². The molecule has 0 saturated carbocycles. The molecule has 0 aliphatic rings. The number of carbonyl (C=O) groups excluding carboxylic acids is 1. The molecule has 0 aliphatic heterocycles. The van der Waals surface area contributed by atoms with Crippen molar-refractivity contribution in [3.63, 3.8) is 0 Å². The minimum absolute atomic E-state index is 0.173. The number of nitrogens with zero attached hydrogens (tertiary/aromatic N) is 1. The molecule has 106 valence electrons. The molecule has 0 radical (unpaired) electrons. The number of carboxylic acids is 1. The minimum atomic E-state index is -1.01. The van der Waals surface area contributed by atoms with Crippen LogP contribution in [0.5, 0.6) is 5.75 Å². The smallest absolute Gasteiger partial charge is 0.335 e. The Morgan fingerprint density at radius 3 is 2.14 bits per heavy atom. The molecular formula is C15H11N2O4-. The largest absolute Gasteiger partial charge is 0.872 e. The third-order valence-electron chi connectivity index (χ3n) is 2.65. The van der Waals surface area contributed by atoms with Crippen LogP contribution < -0.4 is 10.5 Å². The molecule has 21 heavy (non-hydrogen) atoms. The highest BCUT2D eigenvalue weighted by molar-refractivity contribution is 5.95. The zero-order valence-corrected chi connectivity index (χ0v) is 10.8. The summed E-state index contributed by atoms with van der Waals surface area (Å²) in [4.78, 5) is 22.4. The van der Waals surface area contributed by atoms with Gasteiger partial charge in [0.25, 0.3) is 5.91 Å². The van der Waals surface area contributed by atoms with Gasteiger partial charge >= 0.3 is 5.97 Å². The molecule has 2 rings (SSSR count). The predicted octanol–water partition coefficient (Wildman–Crippen LogP) is 1.22. The summed E-state index contributed by atoms with van der Waals surface area (Å²) in [6.07, 6.45) is 1.39. The van der Waals surface area contributed by atoms with E-state index in [4.69, 9.17) is 5.11 Å². The standard InChI is InChI=1S/C15H12N2O4/c18-13-7-5-11(6-8-13)14(19)17-16-9-10-1-3-12(4-2-10)15(20)21/h1-9,18H,(H,17,19)(H,20,21)/p-1/b16-9-. The van der Waals surface area contributed by atoms with E-state index in [0.29, 0.717) is 11.1 Å². The molecule has 0 bridgehead atoms.